The first-order valence-electron chi connectivity index (χ1n) is 20.5. The fourth-order valence-electron chi connectivity index (χ4n) is 7.22. The van der Waals surface area contributed by atoms with E-state index in [-0.39, 0.29) is 31.6 Å². The lowest BCUT2D eigenvalue weighted by atomic mass is 10.0. The van der Waals surface area contributed by atoms with Crippen molar-refractivity contribution in [3.8, 4) is 0 Å². The van der Waals surface area contributed by atoms with Crippen molar-refractivity contribution in [2.75, 3.05) is 6.54 Å². The third kappa shape index (κ3) is 13.5. The van der Waals surface area contributed by atoms with Crippen molar-refractivity contribution in [3.05, 3.63) is 108 Å². The van der Waals surface area contributed by atoms with E-state index >= 15 is 0 Å². The van der Waals surface area contributed by atoms with Gasteiger partial charge in [0.1, 0.15) is 30.2 Å². The summed E-state index contributed by atoms with van der Waals surface area (Å²) in [6.07, 6.45) is 2.78. The number of nitrogens with two attached hydrogens (primary N) is 1. The third-order valence-corrected chi connectivity index (χ3v) is 10.3. The molecule has 5 atom stereocenters. The molecular formula is C45H53N9O9. The number of H-pyrrole nitrogens is 2. The first-order valence-corrected chi connectivity index (χ1v) is 20.5. The number of rotatable bonds is 22. The van der Waals surface area contributed by atoms with Gasteiger partial charge in [0, 0.05) is 60.4 Å². The zero-order valence-corrected chi connectivity index (χ0v) is 35.2. The molecule has 5 rings (SSSR count). The molecule has 0 aliphatic rings. The Kier molecular flexibility index (Phi) is 16.1. The van der Waals surface area contributed by atoms with Crippen LogP contribution >= 0.6 is 0 Å². The summed E-state index contributed by atoms with van der Waals surface area (Å²) in [4.78, 5) is 111. The minimum absolute atomic E-state index is 0.00254. The maximum Gasteiger partial charge on any atom is 0.305 e. The topological polar surface area (TPSA) is 287 Å². The van der Waals surface area contributed by atoms with E-state index in [9.17, 15) is 43.5 Å². The Morgan fingerprint density at radius 3 is 1.62 bits per heavy atom. The summed E-state index contributed by atoms with van der Waals surface area (Å²) in [5, 5.41) is 26.4. The van der Waals surface area contributed by atoms with Crippen molar-refractivity contribution in [2.24, 2.45) is 11.7 Å². The Bertz CT molecular complexity index is 2450. The quantitative estimate of drug-likeness (QED) is 0.0479. The number of primary amides is 1. The highest BCUT2D eigenvalue weighted by atomic mass is 16.4. The summed E-state index contributed by atoms with van der Waals surface area (Å²) in [6, 6.07) is 17.2. The summed E-state index contributed by atoms with van der Waals surface area (Å²) in [5.74, 6) is -6.85. The predicted octanol–water partition coefficient (Wildman–Crippen LogP) is 1.24. The standard InChI is InChI=1S/C45H53N9O9/c1-25(2)17-35(50-26(3)55)43(61)54-38(21-40(57)58)42(60)49-24-39(56)51-37(20-29-23-48-33-16-10-8-14-31(29)33)45(63)53-36(18-27-11-5-4-6-12-27)44(62)52-34(41(46)59)19-28-22-47-32-15-9-7-13-30(28)32/h4-16,22-23,25,34-38,47-48H,17-21,24H2,1-3H3,(H2,46,59)(H,49,60)(H,50,55)(H,51,56)(H,52,62)(H,53,63)(H,54,61)(H,57,58)/t34-,35+,36+,37+,38+/m1/s1. The Balaban J connectivity index is 1.35. The van der Waals surface area contributed by atoms with Gasteiger partial charge in [0.2, 0.25) is 41.4 Å². The van der Waals surface area contributed by atoms with Crippen molar-refractivity contribution < 1.29 is 43.5 Å². The van der Waals surface area contributed by atoms with E-state index in [1.807, 2.05) is 62.4 Å². The van der Waals surface area contributed by atoms with Crippen LogP contribution in [0.15, 0.2) is 91.3 Å². The minimum Gasteiger partial charge on any atom is -0.481 e. The number of carboxylic acids is 1. The molecule has 0 saturated heterocycles. The van der Waals surface area contributed by atoms with Crippen molar-refractivity contribution >= 4 is 69.1 Å². The van der Waals surface area contributed by atoms with Gasteiger partial charge in [0.25, 0.3) is 0 Å². The number of hydrogen-bond donors (Lipinski definition) is 10. The van der Waals surface area contributed by atoms with Crippen LogP contribution < -0.4 is 37.6 Å². The highest BCUT2D eigenvalue weighted by molar-refractivity contribution is 5.97. The van der Waals surface area contributed by atoms with Gasteiger partial charge in [-0.05, 0) is 41.2 Å². The molecule has 0 spiro atoms. The maximum atomic E-state index is 14.3. The number of aliphatic carboxylic acids is 1. The number of benzene rings is 3. The monoisotopic (exact) mass is 863 g/mol. The normalized spacial score (nSPS) is 13.5. The second kappa shape index (κ2) is 21.8. The van der Waals surface area contributed by atoms with Crippen LogP contribution in [0.4, 0.5) is 0 Å². The number of fused-ring (bicyclic) bond motifs is 2. The van der Waals surface area contributed by atoms with E-state index < -0.39 is 90.5 Å². The SMILES string of the molecule is CC(=O)N[C@@H](CC(C)C)C(=O)N[C@@H](CC(=O)O)C(=O)NCC(=O)N[C@@H](Cc1c[nH]c2ccccc12)C(=O)N[C@@H](Cc1ccccc1)C(=O)N[C@H](Cc1c[nH]c2ccccc12)C(N)=O. The average molecular weight is 864 g/mol. The molecule has 0 aliphatic carbocycles. The van der Waals surface area contributed by atoms with Crippen LogP contribution in [0.5, 0.6) is 0 Å². The molecule has 0 aliphatic heterocycles. The van der Waals surface area contributed by atoms with Gasteiger partial charge >= 0.3 is 5.97 Å². The first kappa shape index (κ1) is 46.6. The van der Waals surface area contributed by atoms with E-state index in [1.54, 1.807) is 42.7 Å². The first-order chi connectivity index (χ1) is 30.1. The lowest BCUT2D eigenvalue weighted by Crippen LogP contribution is -2.58. The van der Waals surface area contributed by atoms with Gasteiger partial charge < -0.3 is 52.7 Å². The molecule has 7 amide bonds. The summed E-state index contributed by atoms with van der Waals surface area (Å²) in [5.41, 5.74) is 9.45. The molecule has 18 nitrogen and oxygen atoms in total. The van der Waals surface area contributed by atoms with E-state index in [0.29, 0.717) is 11.1 Å². The second-order valence-corrected chi connectivity index (χ2v) is 15.7. The molecule has 2 heterocycles. The zero-order chi connectivity index (χ0) is 45.6. The van der Waals surface area contributed by atoms with Gasteiger partial charge in [-0.2, -0.15) is 0 Å². The van der Waals surface area contributed by atoms with Crippen LogP contribution in [0.25, 0.3) is 21.8 Å². The number of carbonyl (C=O) groups excluding carboxylic acids is 7. The van der Waals surface area contributed by atoms with Gasteiger partial charge in [0.05, 0.1) is 13.0 Å². The fraction of sp³-hybridized carbons (Fsp3) is 0.333. The van der Waals surface area contributed by atoms with E-state index in [1.165, 1.54) is 6.92 Å². The van der Waals surface area contributed by atoms with Gasteiger partial charge in [-0.25, -0.2) is 0 Å². The molecule has 0 radical (unpaired) electrons. The van der Waals surface area contributed by atoms with Crippen LogP contribution in [-0.2, 0) is 57.6 Å². The Morgan fingerprint density at radius 1 is 0.587 bits per heavy atom. The molecule has 3 aromatic carbocycles. The fourth-order valence-corrected chi connectivity index (χ4v) is 7.22. The maximum absolute atomic E-state index is 14.3. The van der Waals surface area contributed by atoms with Crippen LogP contribution in [0, 0.1) is 5.92 Å². The lowest BCUT2D eigenvalue weighted by Gasteiger charge is -2.25. The Morgan fingerprint density at radius 2 is 1.08 bits per heavy atom. The van der Waals surface area contributed by atoms with Crippen LogP contribution in [0.3, 0.4) is 0 Å². The highest BCUT2D eigenvalue weighted by Crippen LogP contribution is 2.21. The van der Waals surface area contributed by atoms with Crippen molar-refractivity contribution in [1.29, 1.82) is 0 Å². The molecule has 0 fully saturated rings. The molecule has 11 N–H and O–H groups in total. The number of amides is 7. The Labute approximate surface area is 362 Å². The second-order valence-electron chi connectivity index (χ2n) is 15.7. The number of aromatic nitrogens is 2. The van der Waals surface area contributed by atoms with Gasteiger partial charge in [-0.15, -0.1) is 0 Å². The van der Waals surface area contributed by atoms with Gasteiger partial charge in [-0.3, -0.25) is 38.4 Å². The minimum atomic E-state index is -1.62. The number of aromatic amines is 2. The molecule has 0 saturated carbocycles. The molecule has 332 valence electrons. The average Bonchev–Trinajstić information content (AvgIpc) is 3.85. The zero-order valence-electron chi connectivity index (χ0n) is 35.2. The van der Waals surface area contributed by atoms with Crippen LogP contribution in [0.1, 0.15) is 50.3 Å². The Hall–Kier alpha value is -7.50. The largest absolute Gasteiger partial charge is 0.481 e. The van der Waals surface area contributed by atoms with Crippen LogP contribution in [0.2, 0.25) is 0 Å². The number of nitrogens with one attached hydrogen (secondary N) is 8. The number of para-hydroxylation sites is 2. The summed E-state index contributed by atoms with van der Waals surface area (Å²) >= 11 is 0. The number of hydrogen-bond acceptors (Lipinski definition) is 8. The predicted molar refractivity (Wildman–Crippen MR) is 233 cm³/mol. The van der Waals surface area contributed by atoms with Crippen molar-refractivity contribution in [2.45, 2.75) is 83.1 Å². The molecule has 0 bridgehead atoms. The lowest BCUT2D eigenvalue weighted by molar-refractivity contribution is -0.141. The van der Waals surface area contributed by atoms with Gasteiger partial charge in [0.15, 0.2) is 0 Å². The third-order valence-electron chi connectivity index (χ3n) is 10.3. The molecular weight excluding hydrogens is 811 g/mol. The summed E-state index contributed by atoms with van der Waals surface area (Å²) in [6.45, 7) is 4.13. The highest BCUT2D eigenvalue weighted by Gasteiger charge is 2.32. The molecule has 2 aromatic heterocycles. The van der Waals surface area contributed by atoms with Crippen LogP contribution in [-0.4, -0.2) is 99.1 Å². The number of carboxylic acid groups (broad SMARTS) is 1. The van der Waals surface area contributed by atoms with Crippen molar-refractivity contribution in [1.82, 2.24) is 41.9 Å². The van der Waals surface area contributed by atoms with E-state index in [0.717, 1.165) is 27.4 Å². The summed E-state index contributed by atoms with van der Waals surface area (Å²) in [7, 11) is 0. The molecule has 5 aromatic rings. The molecule has 18 heteroatoms. The summed E-state index contributed by atoms with van der Waals surface area (Å²) < 4.78 is 0. The van der Waals surface area contributed by atoms with Crippen molar-refractivity contribution in [3.63, 3.8) is 0 Å². The molecule has 0 unspecified atom stereocenters. The smallest absolute Gasteiger partial charge is 0.305 e. The molecule has 63 heavy (non-hydrogen) atoms. The van der Waals surface area contributed by atoms with E-state index in [2.05, 4.69) is 41.9 Å². The van der Waals surface area contributed by atoms with Gasteiger partial charge in [-0.1, -0.05) is 80.6 Å². The number of carbonyl (C=O) groups is 8. The van der Waals surface area contributed by atoms with E-state index in [4.69, 9.17) is 5.73 Å².